The maximum absolute atomic E-state index is 11.9. The third-order valence-corrected chi connectivity index (χ3v) is 3.05. The Morgan fingerprint density at radius 2 is 2.20 bits per heavy atom. The van der Waals surface area contributed by atoms with E-state index in [1.807, 2.05) is 0 Å². The lowest BCUT2D eigenvalue weighted by molar-refractivity contribution is -0.580. The van der Waals surface area contributed by atoms with Crippen LogP contribution in [0.2, 0.25) is 5.02 Å². The maximum atomic E-state index is 11.9. The first-order chi connectivity index (χ1) is 9.47. The van der Waals surface area contributed by atoms with Gasteiger partial charge in [-0.3, -0.25) is 10.1 Å². The van der Waals surface area contributed by atoms with E-state index in [4.69, 9.17) is 16.3 Å². The Morgan fingerprint density at radius 1 is 1.50 bits per heavy atom. The van der Waals surface area contributed by atoms with E-state index in [2.05, 4.69) is 0 Å². The summed E-state index contributed by atoms with van der Waals surface area (Å²) in [6.45, 7) is 1.74. The molecule has 2 aromatic rings. The van der Waals surface area contributed by atoms with Crippen molar-refractivity contribution in [2.75, 3.05) is 6.61 Å². The monoisotopic (exact) mass is 296 g/mol. The van der Waals surface area contributed by atoms with Crippen LogP contribution in [0.1, 0.15) is 17.3 Å². The van der Waals surface area contributed by atoms with E-state index in [9.17, 15) is 20.1 Å². The summed E-state index contributed by atoms with van der Waals surface area (Å²) in [5.41, 5.74) is -0.707. The number of ether oxygens (including phenoxy) is 1. The van der Waals surface area contributed by atoms with E-state index in [1.54, 1.807) is 6.92 Å². The summed E-state index contributed by atoms with van der Waals surface area (Å²) in [6.07, 6.45) is 0.885. The summed E-state index contributed by atoms with van der Waals surface area (Å²) in [6, 6.07) is 4.01. The second kappa shape index (κ2) is 5.30. The molecule has 2 rings (SSSR count). The Morgan fingerprint density at radius 3 is 2.80 bits per heavy atom. The second-order valence-electron chi connectivity index (χ2n) is 3.83. The highest BCUT2D eigenvalue weighted by Gasteiger charge is 2.26. The molecule has 0 bridgehead atoms. The molecule has 8 heteroatoms. The van der Waals surface area contributed by atoms with E-state index in [1.165, 1.54) is 18.2 Å². The molecule has 1 heterocycles. The Labute approximate surface area is 118 Å². The molecule has 0 unspecified atom stereocenters. The third kappa shape index (κ3) is 2.23. The van der Waals surface area contributed by atoms with Gasteiger partial charge in [-0.25, -0.2) is 4.79 Å². The number of nitrogens with zero attached hydrogens (tertiary/aromatic N) is 2. The quantitative estimate of drug-likeness (QED) is 0.284. The number of pyridine rings is 1. The Balaban J connectivity index is 2.78. The number of halogens is 1. The van der Waals surface area contributed by atoms with Crippen molar-refractivity contribution < 1.29 is 19.2 Å². The number of carbonyl (C=O) groups excluding carboxylic acids is 1. The van der Waals surface area contributed by atoms with Gasteiger partial charge in [0.2, 0.25) is 0 Å². The van der Waals surface area contributed by atoms with Crippen LogP contribution in [0.5, 0.6) is 0 Å². The zero-order valence-electron chi connectivity index (χ0n) is 10.3. The number of hydrogen-bond donors (Lipinski definition) is 0. The average molecular weight is 297 g/mol. The lowest BCUT2D eigenvalue weighted by Crippen LogP contribution is -2.29. The van der Waals surface area contributed by atoms with Crippen LogP contribution < -0.4 is 4.73 Å². The van der Waals surface area contributed by atoms with Crippen molar-refractivity contribution in [3.05, 3.63) is 50.3 Å². The predicted octanol–water partition coefficient (Wildman–Crippen LogP) is 2.21. The number of benzene rings is 1. The van der Waals surface area contributed by atoms with Gasteiger partial charge in [0, 0.05) is 6.07 Å². The number of aromatic nitrogens is 1. The summed E-state index contributed by atoms with van der Waals surface area (Å²) in [7, 11) is 0. The van der Waals surface area contributed by atoms with Crippen LogP contribution in [-0.2, 0) is 4.74 Å². The number of non-ortho nitro benzene ring substituents is 1. The van der Waals surface area contributed by atoms with E-state index < -0.39 is 10.9 Å². The molecular formula is C12H9ClN2O5. The second-order valence-corrected chi connectivity index (χ2v) is 4.21. The zero-order valence-corrected chi connectivity index (χ0v) is 11.1. The molecule has 0 aliphatic heterocycles. The van der Waals surface area contributed by atoms with Crippen LogP contribution in [0, 0.1) is 15.3 Å². The molecule has 20 heavy (non-hydrogen) atoms. The molecule has 104 valence electrons. The van der Waals surface area contributed by atoms with Crippen molar-refractivity contribution in [1.82, 2.24) is 0 Å². The average Bonchev–Trinajstić information content (AvgIpc) is 2.42. The fraction of sp³-hybridized carbons (Fsp3) is 0.167. The minimum atomic E-state index is -0.754. The first-order valence-electron chi connectivity index (χ1n) is 5.63. The molecular weight excluding hydrogens is 288 g/mol. The first kappa shape index (κ1) is 14.0. The molecule has 0 amide bonds. The van der Waals surface area contributed by atoms with Crippen molar-refractivity contribution in [2.45, 2.75) is 6.92 Å². The number of nitro benzene ring substituents is 1. The van der Waals surface area contributed by atoms with Crippen LogP contribution in [0.4, 0.5) is 5.69 Å². The summed E-state index contributed by atoms with van der Waals surface area (Å²) in [5, 5.41) is 22.9. The van der Waals surface area contributed by atoms with Crippen molar-refractivity contribution in [3.63, 3.8) is 0 Å². The number of nitro groups is 1. The smallest absolute Gasteiger partial charge is 0.345 e. The topological polar surface area (TPSA) is 96.4 Å². The standard InChI is InChI=1S/C12H9ClN2O5/c1-2-20-12(16)8-6-14(17)11-7(10(8)13)4-3-5-9(11)15(18)19/h3-6H,2H2,1H3. The Kier molecular flexibility index (Phi) is 3.71. The highest BCUT2D eigenvalue weighted by molar-refractivity contribution is 6.38. The van der Waals surface area contributed by atoms with E-state index >= 15 is 0 Å². The normalized spacial score (nSPS) is 10.5. The highest BCUT2D eigenvalue weighted by Crippen LogP contribution is 2.30. The zero-order chi connectivity index (χ0) is 14.9. The SMILES string of the molecule is CCOC(=O)c1c[n+]([O-])c2c([N+](=O)[O-])cccc2c1Cl. The predicted molar refractivity (Wildman–Crippen MR) is 70.5 cm³/mol. The minimum absolute atomic E-state index is 0.0470. The molecule has 0 fully saturated rings. The summed E-state index contributed by atoms with van der Waals surface area (Å²) in [4.78, 5) is 21.9. The van der Waals surface area contributed by atoms with Gasteiger partial charge in [-0.15, -0.1) is 0 Å². The van der Waals surface area contributed by atoms with Gasteiger partial charge in [0.1, 0.15) is 5.56 Å². The maximum Gasteiger partial charge on any atom is 0.345 e. The first-order valence-corrected chi connectivity index (χ1v) is 6.01. The van der Waals surface area contributed by atoms with Gasteiger partial charge in [0.25, 0.3) is 0 Å². The number of hydrogen-bond acceptors (Lipinski definition) is 5. The number of esters is 1. The summed E-state index contributed by atoms with van der Waals surface area (Å²) in [5.74, 6) is -0.754. The minimum Gasteiger partial charge on any atom is -0.618 e. The van der Waals surface area contributed by atoms with Gasteiger partial charge in [-0.05, 0) is 13.0 Å². The molecule has 0 spiro atoms. The van der Waals surface area contributed by atoms with Gasteiger partial charge >= 0.3 is 17.2 Å². The van der Waals surface area contributed by atoms with Crippen molar-refractivity contribution in [2.24, 2.45) is 0 Å². The van der Waals surface area contributed by atoms with Gasteiger partial charge in [-0.2, -0.15) is 4.73 Å². The number of para-hydroxylation sites is 1. The number of rotatable bonds is 3. The van der Waals surface area contributed by atoms with Crippen molar-refractivity contribution in [3.8, 4) is 0 Å². The lowest BCUT2D eigenvalue weighted by atomic mass is 10.1. The summed E-state index contributed by atoms with van der Waals surface area (Å²) < 4.78 is 5.04. The molecule has 0 saturated carbocycles. The molecule has 0 atom stereocenters. The van der Waals surface area contributed by atoms with Crippen LogP contribution in [0.3, 0.4) is 0 Å². The van der Waals surface area contributed by atoms with Crippen LogP contribution in [-0.4, -0.2) is 17.5 Å². The number of carbonyl (C=O) groups is 1. The third-order valence-electron chi connectivity index (χ3n) is 2.65. The fourth-order valence-corrected chi connectivity index (χ4v) is 2.10. The van der Waals surface area contributed by atoms with E-state index in [-0.39, 0.29) is 38.5 Å². The van der Waals surface area contributed by atoms with Gasteiger partial charge in [0.05, 0.1) is 21.9 Å². The molecule has 7 nitrogen and oxygen atoms in total. The van der Waals surface area contributed by atoms with Gasteiger partial charge < -0.3 is 9.94 Å². The highest BCUT2D eigenvalue weighted by atomic mass is 35.5. The summed E-state index contributed by atoms with van der Waals surface area (Å²) >= 11 is 6.05. The Bertz CT molecular complexity index is 717. The molecule has 1 aromatic carbocycles. The molecule has 0 radical (unpaired) electrons. The van der Waals surface area contributed by atoms with Crippen molar-refractivity contribution >= 4 is 34.2 Å². The molecule has 0 aliphatic carbocycles. The van der Waals surface area contributed by atoms with Crippen LogP contribution in [0.15, 0.2) is 24.4 Å². The van der Waals surface area contributed by atoms with Crippen molar-refractivity contribution in [1.29, 1.82) is 0 Å². The largest absolute Gasteiger partial charge is 0.618 e. The molecule has 1 aromatic heterocycles. The van der Waals surface area contributed by atoms with Gasteiger partial charge in [-0.1, -0.05) is 17.7 Å². The molecule has 0 aliphatic rings. The molecule has 0 saturated heterocycles. The fourth-order valence-electron chi connectivity index (χ4n) is 1.82. The van der Waals surface area contributed by atoms with E-state index in [0.29, 0.717) is 0 Å². The molecule has 0 N–H and O–H groups in total. The van der Waals surface area contributed by atoms with Crippen LogP contribution in [0.25, 0.3) is 10.9 Å². The van der Waals surface area contributed by atoms with E-state index in [0.717, 1.165) is 6.20 Å². The lowest BCUT2D eigenvalue weighted by Gasteiger charge is -2.08. The Hall–Kier alpha value is -2.41. The van der Waals surface area contributed by atoms with Gasteiger partial charge in [0.15, 0.2) is 6.20 Å². The van der Waals surface area contributed by atoms with Crippen LogP contribution >= 0.6 is 11.6 Å². The number of fused-ring (bicyclic) bond motifs is 1.